The number of pyridine rings is 2. The van der Waals surface area contributed by atoms with Crippen molar-refractivity contribution in [1.82, 2.24) is 24.2 Å². The summed E-state index contributed by atoms with van der Waals surface area (Å²) in [5.74, 6) is 1.13. The number of rotatable bonds is 4. The van der Waals surface area contributed by atoms with Crippen LogP contribution in [-0.4, -0.2) is 69.5 Å². The summed E-state index contributed by atoms with van der Waals surface area (Å²) in [5, 5.41) is 10.5. The van der Waals surface area contributed by atoms with E-state index in [-0.39, 0.29) is 18.7 Å². The lowest BCUT2D eigenvalue weighted by molar-refractivity contribution is 0.107. The monoisotopic (exact) mass is 434 g/mol. The fourth-order valence-corrected chi connectivity index (χ4v) is 5.49. The number of likely N-dealkylation sites (tertiary alicyclic amines) is 1. The molecule has 3 aromatic heterocycles. The molecule has 0 radical (unpaired) electrons. The van der Waals surface area contributed by atoms with E-state index in [1.165, 1.54) is 5.56 Å². The highest BCUT2D eigenvalue weighted by molar-refractivity contribution is 5.55. The van der Waals surface area contributed by atoms with E-state index in [0.29, 0.717) is 0 Å². The molecule has 0 spiro atoms. The van der Waals surface area contributed by atoms with Crippen LogP contribution in [0.4, 0.5) is 5.82 Å². The molecule has 1 N–H and O–H groups in total. The first kappa shape index (κ1) is 21.4. The van der Waals surface area contributed by atoms with Crippen molar-refractivity contribution >= 4 is 11.5 Å². The molecule has 170 valence electrons. The minimum Gasteiger partial charge on any atom is -0.390 e. The molecule has 0 aliphatic carbocycles. The first-order chi connectivity index (χ1) is 15.6. The Balaban J connectivity index is 1.54. The van der Waals surface area contributed by atoms with E-state index in [1.807, 2.05) is 12.3 Å². The first-order valence-corrected chi connectivity index (χ1v) is 11.8. The highest BCUT2D eigenvalue weighted by Crippen LogP contribution is 2.41. The Bertz CT molecular complexity index is 1090. The van der Waals surface area contributed by atoms with Gasteiger partial charge >= 0.3 is 0 Å². The van der Waals surface area contributed by atoms with Gasteiger partial charge in [0.25, 0.3) is 0 Å². The first-order valence-electron chi connectivity index (χ1n) is 11.8. The molecule has 7 nitrogen and oxygen atoms in total. The van der Waals surface area contributed by atoms with Gasteiger partial charge in [0.05, 0.1) is 35.8 Å². The highest BCUT2D eigenvalue weighted by atomic mass is 16.3. The predicted octanol–water partition coefficient (Wildman–Crippen LogP) is 3.18. The van der Waals surface area contributed by atoms with Gasteiger partial charge in [0.2, 0.25) is 0 Å². The average molecular weight is 435 g/mol. The summed E-state index contributed by atoms with van der Waals surface area (Å²) in [7, 11) is 4.36. The quantitative estimate of drug-likeness (QED) is 0.681. The number of aromatic nitrogens is 3. The second kappa shape index (κ2) is 8.81. The lowest BCUT2D eigenvalue weighted by Gasteiger charge is -2.39. The summed E-state index contributed by atoms with van der Waals surface area (Å²) in [6.07, 6.45) is 5.16. The van der Waals surface area contributed by atoms with E-state index in [1.54, 1.807) is 0 Å². The minimum atomic E-state index is -0.0150. The number of aryl methyl sites for hydroxylation is 1. The Kier molecular flexibility index (Phi) is 5.88. The number of hydrogen-bond acceptors (Lipinski definition) is 6. The molecule has 2 aliphatic heterocycles. The Morgan fingerprint density at radius 3 is 2.44 bits per heavy atom. The fraction of sp³-hybridized carbons (Fsp3) is 0.520. The number of piperidine rings is 1. The van der Waals surface area contributed by atoms with Crippen LogP contribution in [0.3, 0.4) is 0 Å². The maximum Gasteiger partial charge on any atom is 0.138 e. The van der Waals surface area contributed by atoms with Crippen LogP contribution in [0.25, 0.3) is 5.65 Å². The summed E-state index contributed by atoms with van der Waals surface area (Å²) in [6, 6.07) is 10.9. The van der Waals surface area contributed by atoms with E-state index < -0.39 is 0 Å². The largest absolute Gasteiger partial charge is 0.390 e. The molecule has 7 heteroatoms. The number of piperazine rings is 1. The van der Waals surface area contributed by atoms with Crippen LogP contribution in [0.5, 0.6) is 0 Å². The zero-order chi connectivity index (χ0) is 22.2. The molecule has 2 saturated heterocycles. The molecule has 5 rings (SSSR count). The van der Waals surface area contributed by atoms with Crippen LogP contribution in [-0.2, 0) is 6.61 Å². The zero-order valence-corrected chi connectivity index (χ0v) is 19.4. The average Bonchev–Trinajstić information content (AvgIpc) is 3.19. The minimum absolute atomic E-state index is 0.0150. The molecule has 2 atom stereocenters. The lowest BCUT2D eigenvalue weighted by atomic mass is 9.90. The molecule has 0 saturated carbocycles. The summed E-state index contributed by atoms with van der Waals surface area (Å²) >= 11 is 0. The molecular weight excluding hydrogens is 400 g/mol. The Hall–Kier alpha value is -2.48. The summed E-state index contributed by atoms with van der Waals surface area (Å²) in [5.41, 5.74) is 5.25. The Labute approximate surface area is 190 Å². The maximum atomic E-state index is 10.5. The second-order valence-corrected chi connectivity index (χ2v) is 9.30. The number of fused-ring (bicyclic) bond motifs is 1. The van der Waals surface area contributed by atoms with Crippen molar-refractivity contribution in [2.75, 3.05) is 45.2 Å². The van der Waals surface area contributed by atoms with Crippen LogP contribution in [0.15, 0.2) is 36.5 Å². The van der Waals surface area contributed by atoms with Crippen LogP contribution in [0.1, 0.15) is 54.0 Å². The van der Waals surface area contributed by atoms with Gasteiger partial charge < -0.3 is 14.9 Å². The standard InChI is InChI=1S/C25H34N6O/c1-18-7-6-12-26-24(18)19-8-4-9-20(29(19)3)25-21(17-32)31-22(27-25)10-5-11-23(31)30-15-13-28(2)14-16-30/h5-7,10-12,19-20,32H,4,8-9,13-17H2,1-3H3. The van der Waals surface area contributed by atoms with Gasteiger partial charge in [-0.1, -0.05) is 12.1 Å². The van der Waals surface area contributed by atoms with Gasteiger partial charge in [0.15, 0.2) is 0 Å². The number of hydrogen-bond donors (Lipinski definition) is 1. The third-order valence-corrected chi connectivity index (χ3v) is 7.35. The molecule has 0 amide bonds. The molecule has 2 aliphatic rings. The van der Waals surface area contributed by atoms with E-state index in [2.05, 4.69) is 64.4 Å². The number of anilines is 1. The second-order valence-electron chi connectivity index (χ2n) is 9.30. The third-order valence-electron chi connectivity index (χ3n) is 7.35. The van der Waals surface area contributed by atoms with Crippen molar-refractivity contribution in [2.24, 2.45) is 0 Å². The van der Waals surface area contributed by atoms with Gasteiger partial charge in [-0.15, -0.1) is 0 Å². The molecule has 0 bridgehead atoms. The lowest BCUT2D eigenvalue weighted by Crippen LogP contribution is -2.45. The molecular formula is C25H34N6O. The van der Waals surface area contributed by atoms with Crippen LogP contribution < -0.4 is 4.90 Å². The molecule has 32 heavy (non-hydrogen) atoms. The van der Waals surface area contributed by atoms with Crippen molar-refractivity contribution in [3.63, 3.8) is 0 Å². The van der Waals surface area contributed by atoms with Crippen LogP contribution in [0, 0.1) is 6.92 Å². The smallest absolute Gasteiger partial charge is 0.138 e. The van der Waals surface area contributed by atoms with E-state index in [9.17, 15) is 5.11 Å². The van der Waals surface area contributed by atoms with Crippen molar-refractivity contribution in [2.45, 2.75) is 44.9 Å². The van der Waals surface area contributed by atoms with Gasteiger partial charge in [0.1, 0.15) is 11.5 Å². The van der Waals surface area contributed by atoms with Crippen molar-refractivity contribution in [3.05, 3.63) is 59.2 Å². The molecule has 5 heterocycles. The van der Waals surface area contributed by atoms with Gasteiger partial charge in [-0.2, -0.15) is 0 Å². The fourth-order valence-electron chi connectivity index (χ4n) is 5.49. The normalized spacial score (nSPS) is 23.2. The number of nitrogens with zero attached hydrogens (tertiary/aromatic N) is 6. The van der Waals surface area contributed by atoms with Crippen LogP contribution in [0.2, 0.25) is 0 Å². The summed E-state index contributed by atoms with van der Waals surface area (Å²) in [4.78, 5) is 17.0. The Morgan fingerprint density at radius 1 is 0.969 bits per heavy atom. The third kappa shape index (κ3) is 3.68. The van der Waals surface area contributed by atoms with Crippen molar-refractivity contribution in [3.8, 4) is 0 Å². The summed E-state index contributed by atoms with van der Waals surface area (Å²) < 4.78 is 2.18. The topological polar surface area (TPSA) is 60.1 Å². The predicted molar refractivity (Wildman–Crippen MR) is 127 cm³/mol. The van der Waals surface area contributed by atoms with Gasteiger partial charge in [-0.3, -0.25) is 14.3 Å². The van der Waals surface area contributed by atoms with Crippen LogP contribution >= 0.6 is 0 Å². The zero-order valence-electron chi connectivity index (χ0n) is 19.4. The molecule has 2 unspecified atom stereocenters. The highest BCUT2D eigenvalue weighted by Gasteiger charge is 2.34. The molecule has 3 aromatic rings. The van der Waals surface area contributed by atoms with Gasteiger partial charge in [-0.05, 0) is 64.0 Å². The van der Waals surface area contributed by atoms with Crippen molar-refractivity contribution in [1.29, 1.82) is 0 Å². The SMILES string of the molecule is Cc1cccnc1C1CCCC(c2nc3cccc(N4CCN(C)CC4)n3c2CO)N1C. The number of aliphatic hydroxyl groups excluding tert-OH is 1. The molecule has 0 aromatic carbocycles. The number of likely N-dealkylation sites (N-methyl/N-ethyl adjacent to an activating group) is 1. The maximum absolute atomic E-state index is 10.5. The summed E-state index contributed by atoms with van der Waals surface area (Å²) in [6.45, 7) is 6.19. The molecule has 2 fully saturated rings. The number of imidazole rings is 1. The van der Waals surface area contributed by atoms with E-state index in [4.69, 9.17) is 9.97 Å². The van der Waals surface area contributed by atoms with E-state index >= 15 is 0 Å². The Morgan fingerprint density at radius 2 is 1.72 bits per heavy atom. The number of aliphatic hydroxyl groups is 1. The van der Waals surface area contributed by atoms with E-state index in [0.717, 1.165) is 74.0 Å². The van der Waals surface area contributed by atoms with Gasteiger partial charge in [-0.25, -0.2) is 4.98 Å². The van der Waals surface area contributed by atoms with Gasteiger partial charge in [0, 0.05) is 32.4 Å². The van der Waals surface area contributed by atoms with Crippen molar-refractivity contribution < 1.29 is 5.11 Å².